The first-order valence-corrected chi connectivity index (χ1v) is 8.61. The summed E-state index contributed by atoms with van der Waals surface area (Å²) in [6, 6.07) is 0. The van der Waals surface area contributed by atoms with Gasteiger partial charge in [0.25, 0.3) is 0 Å². The predicted octanol–water partition coefficient (Wildman–Crippen LogP) is 3.36. The molecule has 2 rings (SSSR count). The topological polar surface area (TPSA) is 6.48 Å². The van der Waals surface area contributed by atoms with Gasteiger partial charge in [-0.2, -0.15) is 0 Å². The third-order valence-corrected chi connectivity index (χ3v) is 6.02. The molecule has 2 fully saturated rings. The quantitative estimate of drug-likeness (QED) is 0.737. The summed E-state index contributed by atoms with van der Waals surface area (Å²) < 4.78 is 0. The summed E-state index contributed by atoms with van der Waals surface area (Å²) in [5, 5.41) is 1.19. The van der Waals surface area contributed by atoms with Crippen molar-refractivity contribution >= 4 is 15.9 Å². The van der Waals surface area contributed by atoms with Crippen molar-refractivity contribution in [3.63, 3.8) is 0 Å². The summed E-state index contributed by atoms with van der Waals surface area (Å²) in [6.07, 6.45) is 5.73. The first-order valence-electron chi connectivity index (χ1n) is 7.49. The summed E-state index contributed by atoms with van der Waals surface area (Å²) in [5.41, 5.74) is 0.927. The summed E-state index contributed by atoms with van der Waals surface area (Å²) >= 11 is 3.77. The van der Waals surface area contributed by atoms with Gasteiger partial charge in [0, 0.05) is 43.6 Å². The Morgan fingerprint density at radius 1 is 1.00 bits per heavy atom. The maximum absolute atomic E-state index is 3.77. The molecule has 2 aliphatic rings. The fraction of sp³-hybridized carbons (Fsp3) is 1.00. The molecule has 1 aliphatic heterocycles. The number of alkyl halides is 1. The van der Waals surface area contributed by atoms with Gasteiger partial charge in [-0.25, -0.2) is 0 Å². The van der Waals surface area contributed by atoms with Crippen molar-refractivity contribution in [1.29, 1.82) is 0 Å². The average molecular weight is 317 g/mol. The Labute approximate surface area is 121 Å². The van der Waals surface area contributed by atoms with E-state index in [0.29, 0.717) is 11.0 Å². The average Bonchev–Trinajstić information content (AvgIpc) is 2.78. The molecular weight excluding hydrogens is 288 g/mol. The molecule has 1 aliphatic carbocycles. The highest BCUT2D eigenvalue weighted by atomic mass is 79.9. The van der Waals surface area contributed by atoms with Gasteiger partial charge in [-0.3, -0.25) is 4.90 Å². The molecular formula is C15H29BrN2. The third kappa shape index (κ3) is 3.49. The first-order chi connectivity index (χ1) is 8.45. The van der Waals surface area contributed by atoms with E-state index in [4.69, 9.17) is 0 Å². The summed E-state index contributed by atoms with van der Waals surface area (Å²) in [7, 11) is 0. The molecule has 0 amide bonds. The largest absolute Gasteiger partial charge is 0.300 e. The SMILES string of the molecule is CC(C)(C)N1CCN(CC2(CBr)CCCC2)CC1. The van der Waals surface area contributed by atoms with Crippen LogP contribution in [0.15, 0.2) is 0 Å². The van der Waals surface area contributed by atoms with Gasteiger partial charge in [0.15, 0.2) is 0 Å². The first kappa shape index (κ1) is 14.8. The number of halogens is 1. The maximum atomic E-state index is 3.77. The Morgan fingerprint density at radius 2 is 1.56 bits per heavy atom. The highest BCUT2D eigenvalue weighted by Gasteiger charge is 2.36. The van der Waals surface area contributed by atoms with E-state index >= 15 is 0 Å². The highest BCUT2D eigenvalue weighted by Crippen LogP contribution is 2.40. The van der Waals surface area contributed by atoms with E-state index in [1.807, 2.05) is 0 Å². The van der Waals surface area contributed by atoms with E-state index in [1.54, 1.807) is 0 Å². The zero-order chi connectivity index (χ0) is 13.2. The minimum Gasteiger partial charge on any atom is -0.300 e. The molecule has 0 aromatic rings. The molecule has 0 aromatic carbocycles. The van der Waals surface area contributed by atoms with Crippen LogP contribution >= 0.6 is 15.9 Å². The van der Waals surface area contributed by atoms with Gasteiger partial charge >= 0.3 is 0 Å². The van der Waals surface area contributed by atoms with Gasteiger partial charge in [-0.05, 0) is 39.0 Å². The molecule has 0 bridgehead atoms. The molecule has 106 valence electrons. The minimum absolute atomic E-state index is 0.340. The van der Waals surface area contributed by atoms with Gasteiger partial charge in [0.2, 0.25) is 0 Å². The fourth-order valence-corrected chi connectivity index (χ4v) is 4.25. The molecule has 1 saturated heterocycles. The van der Waals surface area contributed by atoms with Gasteiger partial charge < -0.3 is 4.90 Å². The van der Waals surface area contributed by atoms with Crippen LogP contribution in [0, 0.1) is 5.41 Å². The lowest BCUT2D eigenvalue weighted by Gasteiger charge is -2.44. The normalized spacial score (nSPS) is 26.7. The Balaban J connectivity index is 1.83. The Hall–Kier alpha value is 0.400. The van der Waals surface area contributed by atoms with Crippen molar-refractivity contribution in [3.8, 4) is 0 Å². The monoisotopic (exact) mass is 316 g/mol. The van der Waals surface area contributed by atoms with Gasteiger partial charge in [-0.1, -0.05) is 28.8 Å². The van der Waals surface area contributed by atoms with Crippen molar-refractivity contribution in [2.24, 2.45) is 5.41 Å². The van der Waals surface area contributed by atoms with E-state index in [0.717, 1.165) is 0 Å². The number of rotatable bonds is 3. The molecule has 0 radical (unpaired) electrons. The van der Waals surface area contributed by atoms with Crippen molar-refractivity contribution in [1.82, 2.24) is 9.80 Å². The van der Waals surface area contributed by atoms with Crippen LogP contribution in [-0.2, 0) is 0 Å². The van der Waals surface area contributed by atoms with Gasteiger partial charge in [0.1, 0.15) is 0 Å². The highest BCUT2D eigenvalue weighted by molar-refractivity contribution is 9.09. The third-order valence-electron chi connectivity index (χ3n) is 4.83. The lowest BCUT2D eigenvalue weighted by Crippen LogP contribution is -2.55. The van der Waals surface area contributed by atoms with E-state index in [9.17, 15) is 0 Å². The Morgan fingerprint density at radius 3 is 2.00 bits per heavy atom. The summed E-state index contributed by atoms with van der Waals surface area (Å²) in [4.78, 5) is 5.33. The molecule has 0 spiro atoms. The van der Waals surface area contributed by atoms with Crippen molar-refractivity contribution in [3.05, 3.63) is 0 Å². The van der Waals surface area contributed by atoms with Gasteiger partial charge in [-0.15, -0.1) is 0 Å². The number of hydrogen-bond acceptors (Lipinski definition) is 2. The lowest BCUT2D eigenvalue weighted by atomic mass is 9.88. The van der Waals surface area contributed by atoms with Crippen LogP contribution < -0.4 is 0 Å². The van der Waals surface area contributed by atoms with E-state index in [-0.39, 0.29) is 0 Å². The number of hydrogen-bond donors (Lipinski definition) is 0. The molecule has 1 heterocycles. The molecule has 0 atom stereocenters. The number of piperazine rings is 1. The second-order valence-corrected chi connectivity index (χ2v) is 7.84. The fourth-order valence-electron chi connectivity index (χ4n) is 3.51. The van der Waals surface area contributed by atoms with Crippen LogP contribution in [0.1, 0.15) is 46.5 Å². The smallest absolute Gasteiger partial charge is 0.0126 e. The maximum Gasteiger partial charge on any atom is 0.0126 e. The molecule has 1 saturated carbocycles. The van der Waals surface area contributed by atoms with Crippen molar-refractivity contribution in [2.75, 3.05) is 38.1 Å². The molecule has 18 heavy (non-hydrogen) atoms. The summed E-state index contributed by atoms with van der Waals surface area (Å²) in [6.45, 7) is 13.3. The van der Waals surface area contributed by atoms with E-state index in [1.165, 1.54) is 63.7 Å². The summed E-state index contributed by atoms with van der Waals surface area (Å²) in [5.74, 6) is 0. The van der Waals surface area contributed by atoms with Crippen LogP contribution in [0.3, 0.4) is 0 Å². The van der Waals surface area contributed by atoms with Crippen LogP contribution in [0.5, 0.6) is 0 Å². The molecule has 0 aromatic heterocycles. The van der Waals surface area contributed by atoms with Gasteiger partial charge in [0.05, 0.1) is 0 Å². The van der Waals surface area contributed by atoms with Crippen LogP contribution in [0.25, 0.3) is 0 Å². The number of nitrogens with zero attached hydrogens (tertiary/aromatic N) is 2. The molecule has 0 unspecified atom stereocenters. The minimum atomic E-state index is 0.340. The second kappa shape index (κ2) is 5.80. The molecule has 0 N–H and O–H groups in total. The van der Waals surface area contributed by atoms with Crippen molar-refractivity contribution in [2.45, 2.75) is 52.0 Å². The Kier molecular flexibility index (Phi) is 4.77. The lowest BCUT2D eigenvalue weighted by molar-refractivity contribution is 0.0446. The molecule has 3 heteroatoms. The van der Waals surface area contributed by atoms with E-state index < -0.39 is 0 Å². The zero-order valence-corrected chi connectivity index (χ0v) is 13.9. The van der Waals surface area contributed by atoms with Crippen LogP contribution in [-0.4, -0.2) is 53.4 Å². The van der Waals surface area contributed by atoms with Crippen LogP contribution in [0.2, 0.25) is 0 Å². The zero-order valence-electron chi connectivity index (χ0n) is 12.3. The predicted molar refractivity (Wildman–Crippen MR) is 82.5 cm³/mol. The van der Waals surface area contributed by atoms with Crippen LogP contribution in [0.4, 0.5) is 0 Å². The second-order valence-electron chi connectivity index (χ2n) is 7.27. The standard InChI is InChI=1S/C15H29BrN2/c1-14(2,3)18-10-8-17(9-11-18)13-15(12-16)6-4-5-7-15/h4-13H2,1-3H3. The Bertz CT molecular complexity index is 258. The molecule has 2 nitrogen and oxygen atoms in total. The van der Waals surface area contributed by atoms with E-state index in [2.05, 4.69) is 46.5 Å². The van der Waals surface area contributed by atoms with Crippen molar-refractivity contribution < 1.29 is 0 Å².